The summed E-state index contributed by atoms with van der Waals surface area (Å²) in [4.78, 5) is 3.70. The fourth-order valence-electron chi connectivity index (χ4n) is 1.02. The van der Waals surface area contributed by atoms with Gasteiger partial charge in [0.15, 0.2) is 6.10 Å². The third kappa shape index (κ3) is 3.37. The van der Waals surface area contributed by atoms with Crippen molar-refractivity contribution in [2.75, 3.05) is 0 Å². The van der Waals surface area contributed by atoms with E-state index < -0.39 is 12.3 Å². The van der Waals surface area contributed by atoms with Crippen molar-refractivity contribution in [3.05, 3.63) is 23.9 Å². The van der Waals surface area contributed by atoms with Gasteiger partial charge < -0.3 is 10.5 Å². The molecule has 2 N–H and O–H groups in total. The summed E-state index contributed by atoms with van der Waals surface area (Å²) in [5, 5.41) is 0. The molecule has 1 aromatic rings. The smallest absolute Gasteiger partial charge is 0.425 e. The van der Waals surface area contributed by atoms with Gasteiger partial charge in [-0.2, -0.15) is 13.2 Å². The second-order valence-corrected chi connectivity index (χ2v) is 3.52. The number of hydrogen-bond acceptors (Lipinski definition) is 3. The molecule has 0 aliphatic heterocycles. The predicted molar refractivity (Wildman–Crippen MR) is 53.0 cm³/mol. The highest BCUT2D eigenvalue weighted by molar-refractivity contribution is 5.23. The Hall–Kier alpha value is -1.30. The highest BCUT2D eigenvalue weighted by atomic mass is 19.4. The van der Waals surface area contributed by atoms with Gasteiger partial charge in [-0.3, -0.25) is 0 Å². The molecule has 1 rings (SSSR count). The Morgan fingerprint density at radius 3 is 2.50 bits per heavy atom. The van der Waals surface area contributed by atoms with Crippen LogP contribution in [0.15, 0.2) is 18.3 Å². The van der Waals surface area contributed by atoms with Crippen LogP contribution in [-0.2, 0) is 0 Å². The van der Waals surface area contributed by atoms with Gasteiger partial charge in [-0.05, 0) is 25.5 Å². The fourth-order valence-corrected chi connectivity index (χ4v) is 1.02. The van der Waals surface area contributed by atoms with Crippen molar-refractivity contribution in [2.45, 2.75) is 32.2 Å². The summed E-state index contributed by atoms with van der Waals surface area (Å²) in [5.41, 5.74) is 6.27. The average molecular weight is 234 g/mol. The molecule has 2 unspecified atom stereocenters. The zero-order valence-corrected chi connectivity index (χ0v) is 8.95. The minimum Gasteiger partial charge on any atom is -0.465 e. The molecule has 0 saturated heterocycles. The van der Waals surface area contributed by atoms with E-state index in [1.165, 1.54) is 12.3 Å². The van der Waals surface area contributed by atoms with Crippen LogP contribution in [0.3, 0.4) is 0 Å². The van der Waals surface area contributed by atoms with Gasteiger partial charge in [0.05, 0.1) is 0 Å². The lowest BCUT2D eigenvalue weighted by atomic mass is 10.1. The molecule has 6 heteroatoms. The molecule has 0 aliphatic carbocycles. The maximum Gasteiger partial charge on any atom is 0.425 e. The second kappa shape index (κ2) is 4.69. The molecule has 0 aliphatic rings. The van der Waals surface area contributed by atoms with Gasteiger partial charge in [-0.1, -0.05) is 0 Å². The maximum absolute atomic E-state index is 12.2. The zero-order valence-electron chi connectivity index (χ0n) is 8.95. The van der Waals surface area contributed by atoms with E-state index in [-0.39, 0.29) is 11.9 Å². The van der Waals surface area contributed by atoms with Gasteiger partial charge in [-0.15, -0.1) is 0 Å². The molecular formula is C10H13F3N2O. The zero-order chi connectivity index (χ0) is 12.3. The van der Waals surface area contributed by atoms with E-state index in [4.69, 9.17) is 5.73 Å². The van der Waals surface area contributed by atoms with Crippen LogP contribution >= 0.6 is 0 Å². The highest BCUT2D eigenvalue weighted by Gasteiger charge is 2.38. The summed E-state index contributed by atoms with van der Waals surface area (Å²) >= 11 is 0. The number of rotatable bonds is 3. The first-order valence-corrected chi connectivity index (χ1v) is 4.75. The Morgan fingerprint density at radius 2 is 2.00 bits per heavy atom. The number of halogens is 3. The van der Waals surface area contributed by atoms with Crippen LogP contribution in [0.2, 0.25) is 0 Å². The molecule has 0 amide bonds. The molecule has 3 nitrogen and oxygen atoms in total. The second-order valence-electron chi connectivity index (χ2n) is 3.52. The Bertz CT molecular complexity index is 352. The third-order valence-corrected chi connectivity index (χ3v) is 2.04. The van der Waals surface area contributed by atoms with Gasteiger partial charge in [0.25, 0.3) is 0 Å². The number of aromatic nitrogens is 1. The number of ether oxygens (including phenoxy) is 1. The molecule has 2 atom stereocenters. The van der Waals surface area contributed by atoms with Crippen LogP contribution in [0.1, 0.15) is 25.5 Å². The minimum absolute atomic E-state index is 0.0698. The Morgan fingerprint density at radius 1 is 1.38 bits per heavy atom. The Kier molecular flexibility index (Phi) is 3.74. The summed E-state index contributed by atoms with van der Waals surface area (Å²) in [7, 11) is 0. The number of nitrogens with two attached hydrogens (primary N) is 1. The first kappa shape index (κ1) is 12.8. The van der Waals surface area contributed by atoms with Crippen molar-refractivity contribution in [2.24, 2.45) is 5.73 Å². The van der Waals surface area contributed by atoms with Crippen LogP contribution in [0.5, 0.6) is 5.88 Å². The Balaban J connectivity index is 2.78. The first-order valence-electron chi connectivity index (χ1n) is 4.75. The topological polar surface area (TPSA) is 48.1 Å². The predicted octanol–water partition coefficient (Wildman–Crippen LogP) is 2.43. The number of nitrogens with zero attached hydrogens (tertiary/aromatic N) is 1. The van der Waals surface area contributed by atoms with E-state index >= 15 is 0 Å². The van der Waals surface area contributed by atoms with Gasteiger partial charge >= 0.3 is 6.18 Å². The maximum atomic E-state index is 12.2. The summed E-state index contributed by atoms with van der Waals surface area (Å²) < 4.78 is 41.3. The van der Waals surface area contributed by atoms with Crippen molar-refractivity contribution < 1.29 is 17.9 Å². The monoisotopic (exact) mass is 234 g/mol. The average Bonchev–Trinajstić information content (AvgIpc) is 2.16. The SMILES string of the molecule is CC(N)c1ccnc(OC(C)C(F)(F)F)c1. The lowest BCUT2D eigenvalue weighted by Crippen LogP contribution is -2.31. The van der Waals surface area contributed by atoms with Crippen molar-refractivity contribution in [3.63, 3.8) is 0 Å². The molecule has 0 radical (unpaired) electrons. The van der Waals surface area contributed by atoms with Crippen LogP contribution in [0.25, 0.3) is 0 Å². The molecule has 0 saturated carbocycles. The summed E-state index contributed by atoms with van der Waals surface area (Å²) in [6.45, 7) is 2.66. The molecule has 16 heavy (non-hydrogen) atoms. The van der Waals surface area contributed by atoms with Gasteiger partial charge in [0.2, 0.25) is 5.88 Å². The Labute approximate surface area is 91.4 Å². The summed E-state index contributed by atoms with van der Waals surface area (Å²) in [5.74, 6) is -0.0698. The van der Waals surface area contributed by atoms with Crippen molar-refractivity contribution in [1.29, 1.82) is 0 Å². The standard InChI is InChI=1S/C10H13F3N2O/c1-6(14)8-3-4-15-9(5-8)16-7(2)10(11,12)13/h3-7H,14H2,1-2H3. The lowest BCUT2D eigenvalue weighted by Gasteiger charge is -2.17. The minimum atomic E-state index is -4.40. The lowest BCUT2D eigenvalue weighted by molar-refractivity contribution is -0.190. The van der Waals surface area contributed by atoms with Crippen molar-refractivity contribution in [1.82, 2.24) is 4.98 Å². The van der Waals surface area contributed by atoms with Crippen LogP contribution in [0, 0.1) is 0 Å². The molecule has 0 bridgehead atoms. The van der Waals surface area contributed by atoms with Crippen molar-refractivity contribution >= 4 is 0 Å². The molecule has 0 spiro atoms. The van der Waals surface area contributed by atoms with E-state index in [0.717, 1.165) is 6.92 Å². The van der Waals surface area contributed by atoms with E-state index in [1.807, 2.05) is 0 Å². The van der Waals surface area contributed by atoms with Gasteiger partial charge in [-0.25, -0.2) is 4.98 Å². The molecule has 0 fully saturated rings. The first-order chi connectivity index (χ1) is 7.30. The van der Waals surface area contributed by atoms with Crippen LogP contribution < -0.4 is 10.5 Å². The number of alkyl halides is 3. The summed E-state index contributed by atoms with van der Waals surface area (Å²) in [6.07, 6.45) is -4.91. The van der Waals surface area contributed by atoms with Gasteiger partial charge in [0, 0.05) is 18.3 Å². The van der Waals surface area contributed by atoms with Crippen LogP contribution in [-0.4, -0.2) is 17.3 Å². The largest absolute Gasteiger partial charge is 0.465 e. The molecule has 90 valence electrons. The molecule has 1 aromatic heterocycles. The number of hydrogen-bond donors (Lipinski definition) is 1. The highest BCUT2D eigenvalue weighted by Crippen LogP contribution is 2.24. The fraction of sp³-hybridized carbons (Fsp3) is 0.500. The third-order valence-electron chi connectivity index (χ3n) is 2.04. The summed E-state index contributed by atoms with van der Waals surface area (Å²) in [6, 6.07) is 2.77. The molecule has 0 aromatic carbocycles. The normalized spacial score (nSPS) is 15.6. The van der Waals surface area contributed by atoms with E-state index in [1.54, 1.807) is 13.0 Å². The number of pyridine rings is 1. The quantitative estimate of drug-likeness (QED) is 0.873. The van der Waals surface area contributed by atoms with Crippen molar-refractivity contribution in [3.8, 4) is 5.88 Å². The van der Waals surface area contributed by atoms with Gasteiger partial charge in [0.1, 0.15) is 0 Å². The molecule has 1 heterocycles. The van der Waals surface area contributed by atoms with E-state index in [0.29, 0.717) is 5.56 Å². The van der Waals surface area contributed by atoms with E-state index in [2.05, 4.69) is 9.72 Å². The molecular weight excluding hydrogens is 221 g/mol. The van der Waals surface area contributed by atoms with Crippen LogP contribution in [0.4, 0.5) is 13.2 Å². The van der Waals surface area contributed by atoms with E-state index in [9.17, 15) is 13.2 Å².